The van der Waals surface area contributed by atoms with Gasteiger partial charge in [0, 0.05) is 17.1 Å². The molecule has 24 heavy (non-hydrogen) atoms. The van der Waals surface area contributed by atoms with Crippen molar-refractivity contribution in [3.63, 3.8) is 0 Å². The van der Waals surface area contributed by atoms with E-state index in [1.54, 1.807) is 12.1 Å². The van der Waals surface area contributed by atoms with E-state index < -0.39 is 0 Å². The van der Waals surface area contributed by atoms with E-state index in [4.69, 9.17) is 16.6 Å². The number of para-hydroxylation sites is 2. The van der Waals surface area contributed by atoms with Gasteiger partial charge in [0.15, 0.2) is 0 Å². The van der Waals surface area contributed by atoms with Crippen molar-refractivity contribution in [3.8, 4) is 11.4 Å². The summed E-state index contributed by atoms with van der Waals surface area (Å²) in [6.45, 7) is 0.671. The lowest BCUT2D eigenvalue weighted by molar-refractivity contribution is 0.628. The molecule has 2 nitrogen and oxygen atoms in total. The maximum Gasteiger partial charge on any atom is 0.141 e. The number of nitrogens with zero attached hydrogens (tertiary/aromatic N) is 2. The molecule has 0 saturated heterocycles. The number of imidazole rings is 1. The summed E-state index contributed by atoms with van der Waals surface area (Å²) in [7, 11) is 0. The van der Waals surface area contributed by atoms with E-state index in [0.717, 1.165) is 28.0 Å². The molecule has 0 unspecified atom stereocenters. The lowest BCUT2D eigenvalue weighted by Crippen LogP contribution is -2.02. The first-order chi connectivity index (χ1) is 11.7. The molecule has 0 aliphatic rings. The third-order valence-corrected chi connectivity index (χ3v) is 4.26. The fourth-order valence-electron chi connectivity index (χ4n) is 2.83. The maximum atomic E-state index is 13.3. The molecule has 4 aromatic rings. The lowest BCUT2D eigenvalue weighted by atomic mass is 10.2. The van der Waals surface area contributed by atoms with Crippen LogP contribution in [0.15, 0.2) is 72.8 Å². The summed E-state index contributed by atoms with van der Waals surface area (Å²) >= 11 is 5.98. The number of rotatable bonds is 3. The van der Waals surface area contributed by atoms with Gasteiger partial charge in [-0.05, 0) is 54.1 Å². The van der Waals surface area contributed by atoms with Crippen LogP contribution in [0.2, 0.25) is 5.02 Å². The highest BCUT2D eigenvalue weighted by Gasteiger charge is 2.12. The van der Waals surface area contributed by atoms with Crippen molar-refractivity contribution in [2.75, 3.05) is 0 Å². The molecule has 4 heteroatoms. The molecule has 0 aliphatic heterocycles. The molecule has 0 bridgehead atoms. The van der Waals surface area contributed by atoms with Gasteiger partial charge < -0.3 is 4.57 Å². The van der Waals surface area contributed by atoms with E-state index in [1.165, 1.54) is 12.1 Å². The fraction of sp³-hybridized carbons (Fsp3) is 0.0500. The van der Waals surface area contributed by atoms with Crippen LogP contribution in [0.5, 0.6) is 0 Å². The summed E-state index contributed by atoms with van der Waals surface area (Å²) in [4.78, 5) is 4.74. The van der Waals surface area contributed by atoms with Crippen LogP contribution in [0, 0.1) is 5.82 Å². The van der Waals surface area contributed by atoms with Crippen molar-refractivity contribution in [1.29, 1.82) is 0 Å². The van der Waals surface area contributed by atoms with Gasteiger partial charge in [0.25, 0.3) is 0 Å². The molecular weight excluding hydrogens is 323 g/mol. The topological polar surface area (TPSA) is 17.8 Å². The second-order valence-electron chi connectivity index (χ2n) is 5.64. The summed E-state index contributed by atoms with van der Waals surface area (Å²) < 4.78 is 15.4. The first kappa shape index (κ1) is 14.9. The maximum absolute atomic E-state index is 13.3. The standard InChI is InChI=1S/C20H14ClFN2/c21-16-9-5-14(6-10-16)13-24-19-4-2-1-3-18(19)23-20(24)15-7-11-17(22)12-8-15/h1-12H,13H2. The number of hydrogen-bond donors (Lipinski definition) is 0. The van der Waals surface area contributed by atoms with E-state index in [9.17, 15) is 4.39 Å². The van der Waals surface area contributed by atoms with Crippen molar-refractivity contribution in [2.24, 2.45) is 0 Å². The molecule has 0 amide bonds. The summed E-state index contributed by atoms with van der Waals surface area (Å²) in [6.07, 6.45) is 0. The third-order valence-electron chi connectivity index (χ3n) is 4.01. The van der Waals surface area contributed by atoms with Crippen molar-refractivity contribution >= 4 is 22.6 Å². The average Bonchev–Trinajstić information content (AvgIpc) is 2.96. The number of fused-ring (bicyclic) bond motifs is 1. The molecule has 118 valence electrons. The Morgan fingerprint density at radius 2 is 1.58 bits per heavy atom. The van der Waals surface area contributed by atoms with Crippen molar-refractivity contribution in [1.82, 2.24) is 9.55 Å². The Morgan fingerprint density at radius 3 is 2.33 bits per heavy atom. The molecular formula is C20H14ClFN2. The second-order valence-corrected chi connectivity index (χ2v) is 6.08. The predicted octanol–water partition coefficient (Wildman–Crippen LogP) is 5.54. The predicted molar refractivity (Wildman–Crippen MR) is 95.7 cm³/mol. The molecule has 0 radical (unpaired) electrons. The zero-order valence-corrected chi connectivity index (χ0v) is 13.5. The molecule has 4 rings (SSSR count). The Labute approximate surface area is 144 Å². The SMILES string of the molecule is Fc1ccc(-c2nc3ccccc3n2Cc2ccc(Cl)cc2)cc1. The number of benzene rings is 3. The fourth-order valence-corrected chi connectivity index (χ4v) is 2.95. The van der Waals surface area contributed by atoms with Crippen LogP contribution in [-0.4, -0.2) is 9.55 Å². The zero-order valence-electron chi connectivity index (χ0n) is 12.8. The Balaban J connectivity index is 1.86. The van der Waals surface area contributed by atoms with Crippen LogP contribution in [0.4, 0.5) is 4.39 Å². The molecule has 0 aliphatic carbocycles. The number of aromatic nitrogens is 2. The van der Waals surface area contributed by atoms with Gasteiger partial charge in [-0.15, -0.1) is 0 Å². The Morgan fingerprint density at radius 1 is 0.875 bits per heavy atom. The van der Waals surface area contributed by atoms with Gasteiger partial charge in [0.1, 0.15) is 11.6 Å². The molecule has 3 aromatic carbocycles. The Hall–Kier alpha value is -2.65. The van der Waals surface area contributed by atoms with Gasteiger partial charge in [-0.25, -0.2) is 9.37 Å². The Kier molecular flexibility index (Phi) is 3.79. The molecule has 1 heterocycles. The smallest absolute Gasteiger partial charge is 0.141 e. The van der Waals surface area contributed by atoms with Gasteiger partial charge >= 0.3 is 0 Å². The third kappa shape index (κ3) is 2.79. The number of hydrogen-bond acceptors (Lipinski definition) is 1. The van der Waals surface area contributed by atoms with Crippen LogP contribution in [-0.2, 0) is 6.54 Å². The van der Waals surface area contributed by atoms with E-state index in [2.05, 4.69) is 4.57 Å². The van der Waals surface area contributed by atoms with E-state index in [1.807, 2.05) is 48.5 Å². The minimum Gasteiger partial charge on any atom is -0.319 e. The molecule has 0 spiro atoms. The van der Waals surface area contributed by atoms with Crippen molar-refractivity contribution in [3.05, 3.63) is 89.2 Å². The summed E-state index contributed by atoms with van der Waals surface area (Å²) in [5, 5.41) is 0.716. The van der Waals surface area contributed by atoms with E-state index >= 15 is 0 Å². The van der Waals surface area contributed by atoms with Crippen LogP contribution in [0.1, 0.15) is 5.56 Å². The summed E-state index contributed by atoms with van der Waals surface area (Å²) in [6, 6.07) is 22.2. The van der Waals surface area contributed by atoms with Gasteiger partial charge in [-0.3, -0.25) is 0 Å². The first-order valence-corrected chi connectivity index (χ1v) is 8.04. The molecule has 0 saturated carbocycles. The van der Waals surface area contributed by atoms with Crippen LogP contribution in [0.3, 0.4) is 0 Å². The van der Waals surface area contributed by atoms with E-state index in [0.29, 0.717) is 11.6 Å². The van der Waals surface area contributed by atoms with Gasteiger partial charge in [-0.2, -0.15) is 0 Å². The van der Waals surface area contributed by atoms with Crippen molar-refractivity contribution < 1.29 is 4.39 Å². The molecule has 0 N–H and O–H groups in total. The van der Waals surface area contributed by atoms with Gasteiger partial charge in [0.2, 0.25) is 0 Å². The minimum absolute atomic E-state index is 0.251. The zero-order chi connectivity index (χ0) is 16.5. The highest BCUT2D eigenvalue weighted by atomic mass is 35.5. The highest BCUT2D eigenvalue weighted by Crippen LogP contribution is 2.26. The summed E-state index contributed by atoms with van der Waals surface area (Å²) in [5.41, 5.74) is 3.99. The minimum atomic E-state index is -0.251. The van der Waals surface area contributed by atoms with Crippen LogP contribution in [0.25, 0.3) is 22.4 Å². The lowest BCUT2D eigenvalue weighted by Gasteiger charge is -2.10. The largest absolute Gasteiger partial charge is 0.319 e. The molecule has 0 atom stereocenters. The van der Waals surface area contributed by atoms with Crippen molar-refractivity contribution in [2.45, 2.75) is 6.54 Å². The Bertz CT molecular complexity index is 989. The van der Waals surface area contributed by atoms with Gasteiger partial charge in [-0.1, -0.05) is 35.9 Å². The monoisotopic (exact) mass is 336 g/mol. The highest BCUT2D eigenvalue weighted by molar-refractivity contribution is 6.30. The van der Waals surface area contributed by atoms with E-state index in [-0.39, 0.29) is 5.82 Å². The average molecular weight is 337 g/mol. The first-order valence-electron chi connectivity index (χ1n) is 7.66. The number of halogens is 2. The van der Waals surface area contributed by atoms with Gasteiger partial charge in [0.05, 0.1) is 11.0 Å². The summed E-state index contributed by atoms with van der Waals surface area (Å²) in [5.74, 6) is 0.574. The van der Waals surface area contributed by atoms with Crippen LogP contribution < -0.4 is 0 Å². The second kappa shape index (κ2) is 6.10. The molecule has 0 fully saturated rings. The molecule has 1 aromatic heterocycles. The normalized spacial score (nSPS) is 11.1. The van der Waals surface area contributed by atoms with Crippen LogP contribution >= 0.6 is 11.6 Å². The quantitative estimate of drug-likeness (QED) is 0.480.